The van der Waals surface area contributed by atoms with Crippen molar-refractivity contribution in [1.29, 1.82) is 0 Å². The van der Waals surface area contributed by atoms with Gasteiger partial charge in [-0.1, -0.05) is 12.8 Å². The summed E-state index contributed by atoms with van der Waals surface area (Å²) in [6.45, 7) is 6.82. The topological polar surface area (TPSA) is 67.4 Å². The Labute approximate surface area is 238 Å². The van der Waals surface area contributed by atoms with E-state index in [4.69, 9.17) is 4.74 Å². The summed E-state index contributed by atoms with van der Waals surface area (Å²) in [6.07, 6.45) is 10.9. The van der Waals surface area contributed by atoms with E-state index in [1.165, 1.54) is 0 Å². The van der Waals surface area contributed by atoms with Crippen LogP contribution in [0.4, 0.5) is 10.1 Å². The van der Waals surface area contributed by atoms with E-state index in [0.717, 1.165) is 87.6 Å². The minimum atomic E-state index is -0.842. The Hall–Kier alpha value is -1.83. The summed E-state index contributed by atoms with van der Waals surface area (Å²) in [7, 11) is 0. The number of quaternary nitrogens is 1. The van der Waals surface area contributed by atoms with Crippen LogP contribution in [0.5, 0.6) is 0 Å². The number of rotatable bonds is 4. The van der Waals surface area contributed by atoms with Crippen LogP contribution in [0.15, 0.2) is 18.2 Å². The van der Waals surface area contributed by atoms with Crippen molar-refractivity contribution in [2.75, 3.05) is 39.4 Å². The summed E-state index contributed by atoms with van der Waals surface area (Å²) in [5.74, 6) is 0.105. The smallest absolute Gasteiger partial charge is 0.227 e. The third-order valence-electron chi connectivity index (χ3n) is 12.9. The zero-order valence-corrected chi connectivity index (χ0v) is 24.2. The number of ether oxygens (including phenoxy) is 1. The molecule has 218 valence electrons. The highest BCUT2D eigenvalue weighted by molar-refractivity contribution is 5.90. The molecule has 6 aliphatic rings. The summed E-state index contributed by atoms with van der Waals surface area (Å²) in [4.78, 5) is 27.7. The maximum Gasteiger partial charge on any atom is 0.227 e. The minimum Gasteiger partial charge on any atom is -0.380 e. The Morgan fingerprint density at radius 3 is 2.55 bits per heavy atom. The number of halogens is 1. The average molecular weight is 553 g/mol. The second-order valence-electron chi connectivity index (χ2n) is 14.0. The monoisotopic (exact) mass is 552 g/mol. The van der Waals surface area contributed by atoms with E-state index in [1.54, 1.807) is 0 Å². The number of Topliss-reactive ketones (excluding diaryl/α,β-unsaturated/α-hetero) is 1. The van der Waals surface area contributed by atoms with E-state index in [9.17, 15) is 9.59 Å². The van der Waals surface area contributed by atoms with Gasteiger partial charge in [0, 0.05) is 68.8 Å². The Morgan fingerprint density at radius 1 is 1.00 bits per heavy atom. The van der Waals surface area contributed by atoms with Crippen LogP contribution in [0.25, 0.3) is 0 Å². The first-order valence-corrected chi connectivity index (χ1v) is 16.2. The van der Waals surface area contributed by atoms with Gasteiger partial charge >= 0.3 is 0 Å². The van der Waals surface area contributed by atoms with Gasteiger partial charge in [-0.2, -0.15) is 0 Å². The molecule has 1 amide bonds. The molecule has 7 heteroatoms. The van der Waals surface area contributed by atoms with Crippen LogP contribution < -0.4 is 15.1 Å². The summed E-state index contributed by atoms with van der Waals surface area (Å²) in [6, 6.07) is 6.98. The number of carbonyl (C=O) groups excluding carboxylic acids is 2. The number of carbonyl (C=O) groups is 2. The molecular formula is C33H47FN3O3+. The Kier molecular flexibility index (Phi) is 6.67. The van der Waals surface area contributed by atoms with Gasteiger partial charge in [0.1, 0.15) is 23.3 Å². The lowest BCUT2D eigenvalue weighted by molar-refractivity contribution is -0.163. The molecule has 0 bridgehead atoms. The van der Waals surface area contributed by atoms with Crippen molar-refractivity contribution in [3.05, 3.63) is 29.6 Å². The van der Waals surface area contributed by atoms with Gasteiger partial charge in [0.2, 0.25) is 5.91 Å². The molecule has 0 radical (unpaired) electrons. The van der Waals surface area contributed by atoms with E-state index in [-0.39, 0.29) is 17.6 Å². The molecule has 2 spiro atoms. The molecule has 7 rings (SSSR count). The lowest BCUT2D eigenvalue weighted by Gasteiger charge is -2.59. The quantitative estimate of drug-likeness (QED) is 0.528. The van der Waals surface area contributed by atoms with Crippen molar-refractivity contribution in [3.63, 3.8) is 0 Å². The van der Waals surface area contributed by atoms with Crippen LogP contribution in [-0.4, -0.2) is 63.2 Å². The van der Waals surface area contributed by atoms with Gasteiger partial charge in [-0.25, -0.2) is 4.39 Å². The van der Waals surface area contributed by atoms with E-state index in [2.05, 4.69) is 23.6 Å². The van der Waals surface area contributed by atoms with Crippen LogP contribution in [-0.2, 0) is 19.7 Å². The summed E-state index contributed by atoms with van der Waals surface area (Å²) in [5, 5.41) is 6.70. The van der Waals surface area contributed by atoms with Gasteiger partial charge < -0.3 is 15.4 Å². The molecule has 7 atom stereocenters. The molecule has 2 aliphatic carbocycles. The number of benzene rings is 1. The predicted molar refractivity (Wildman–Crippen MR) is 153 cm³/mol. The van der Waals surface area contributed by atoms with Crippen LogP contribution in [0, 0.1) is 22.6 Å². The van der Waals surface area contributed by atoms with Crippen LogP contribution in [0.1, 0.15) is 89.5 Å². The number of amides is 1. The molecule has 2 saturated carbocycles. The number of nitrogens with one attached hydrogen (secondary N) is 2. The standard InChI is InChI=1S/C33H46FN3O3/c1-23-6-5-18-37(23,25-11-16-35-21-25)24-9-10-26(27(34)20-24)33(22-40-19-15-32(33)14-17-36-30(32)39)28-7-2-3-12-31(28)13-4-8-29(31)38/h9-10,20,23,25,28,35H,2-8,11-19,21-22H2,1H3/p+1/t23-,25-,28?,31?,32?,33?,37?/m0/s1. The number of ketones is 1. The Morgan fingerprint density at radius 2 is 1.88 bits per heavy atom. The van der Waals surface area contributed by atoms with Crippen molar-refractivity contribution in [2.45, 2.75) is 101 Å². The fourth-order valence-corrected chi connectivity index (χ4v) is 11.1. The van der Waals surface area contributed by atoms with E-state index in [1.807, 2.05) is 12.1 Å². The van der Waals surface area contributed by atoms with Gasteiger partial charge in [-0.05, 0) is 69.1 Å². The van der Waals surface area contributed by atoms with Crippen molar-refractivity contribution in [1.82, 2.24) is 15.1 Å². The zero-order chi connectivity index (χ0) is 27.6. The molecule has 1 aromatic carbocycles. The molecular weight excluding hydrogens is 505 g/mol. The molecule has 6 fully saturated rings. The lowest BCUT2D eigenvalue weighted by Crippen LogP contribution is -2.65. The fourth-order valence-electron chi connectivity index (χ4n) is 11.1. The minimum absolute atomic E-state index is 0.0409. The first-order chi connectivity index (χ1) is 19.4. The number of nitrogens with zero attached hydrogens (tertiary/aromatic N) is 1. The Balaban J connectivity index is 1.41. The molecule has 4 aliphatic heterocycles. The third-order valence-corrected chi connectivity index (χ3v) is 12.9. The van der Waals surface area contributed by atoms with Gasteiger partial charge in [-0.3, -0.25) is 14.1 Å². The molecule has 1 aromatic rings. The molecule has 5 unspecified atom stereocenters. The molecule has 2 N–H and O–H groups in total. The lowest BCUT2D eigenvalue weighted by atomic mass is 9.44. The molecule has 40 heavy (non-hydrogen) atoms. The van der Waals surface area contributed by atoms with E-state index in [0.29, 0.717) is 62.5 Å². The molecule has 0 aromatic heterocycles. The normalized spacial score (nSPS) is 43.7. The highest BCUT2D eigenvalue weighted by atomic mass is 19.1. The van der Waals surface area contributed by atoms with E-state index >= 15 is 4.39 Å². The highest BCUT2D eigenvalue weighted by Crippen LogP contribution is 2.65. The van der Waals surface area contributed by atoms with Crippen molar-refractivity contribution >= 4 is 17.4 Å². The summed E-state index contributed by atoms with van der Waals surface area (Å²) in [5.41, 5.74) is -0.341. The van der Waals surface area contributed by atoms with Gasteiger partial charge in [0.05, 0.1) is 24.6 Å². The summed E-state index contributed by atoms with van der Waals surface area (Å²) < 4.78 is 24.3. The van der Waals surface area contributed by atoms with Gasteiger partial charge in [-0.15, -0.1) is 0 Å². The van der Waals surface area contributed by atoms with Crippen molar-refractivity contribution in [3.8, 4) is 0 Å². The van der Waals surface area contributed by atoms with Crippen LogP contribution >= 0.6 is 0 Å². The van der Waals surface area contributed by atoms with Crippen molar-refractivity contribution < 1.29 is 18.7 Å². The zero-order valence-electron chi connectivity index (χ0n) is 24.2. The maximum atomic E-state index is 17.1. The molecule has 6 nitrogen and oxygen atoms in total. The number of hydrogen-bond acceptors (Lipinski definition) is 4. The first kappa shape index (κ1) is 27.0. The first-order valence-electron chi connectivity index (χ1n) is 16.2. The third kappa shape index (κ3) is 3.49. The Bertz CT molecular complexity index is 1190. The average Bonchev–Trinajstić information content (AvgIpc) is 3.76. The van der Waals surface area contributed by atoms with Crippen LogP contribution in [0.2, 0.25) is 0 Å². The second kappa shape index (κ2) is 9.88. The second-order valence-corrected chi connectivity index (χ2v) is 14.0. The summed E-state index contributed by atoms with van der Waals surface area (Å²) >= 11 is 0. The molecule has 4 saturated heterocycles. The highest BCUT2D eigenvalue weighted by Gasteiger charge is 2.69. The molecule has 4 heterocycles. The predicted octanol–water partition coefficient (Wildman–Crippen LogP) is 4.77. The number of hydrogen-bond donors (Lipinski definition) is 2. The van der Waals surface area contributed by atoms with Gasteiger partial charge in [0.25, 0.3) is 0 Å². The SMILES string of the molecule is C[C@H]1CCC[N+]1(c1ccc(C2(C3CCCCC34CCCC4=O)COCCC23CCNC3=O)c(F)c1)[C@H]1CCNC1. The fraction of sp³-hybridized carbons (Fsp3) is 0.758. The maximum absolute atomic E-state index is 17.1. The van der Waals surface area contributed by atoms with Crippen LogP contribution in [0.3, 0.4) is 0 Å². The number of likely N-dealkylation sites (tertiary alicyclic amines) is 1. The largest absolute Gasteiger partial charge is 0.380 e. The van der Waals surface area contributed by atoms with E-state index < -0.39 is 16.2 Å². The van der Waals surface area contributed by atoms with Gasteiger partial charge in [0.15, 0.2) is 0 Å². The van der Waals surface area contributed by atoms with Crippen molar-refractivity contribution in [2.24, 2.45) is 16.7 Å².